The standard InChI is InChI=1S/C21H41N2/c1-2-3-8-20-13-21(22)17-23(16-20,15-19-11-7-12-19)14-18-9-5-4-6-10-18/h18-21H,2-17,22H2,1H3/q+1. The van der Waals surface area contributed by atoms with Crippen LogP contribution in [0.1, 0.15) is 84.0 Å². The average Bonchev–Trinajstić information content (AvgIpc) is 2.49. The molecule has 3 unspecified atom stereocenters. The van der Waals surface area contributed by atoms with Gasteiger partial charge in [0.2, 0.25) is 0 Å². The normalized spacial score (nSPS) is 36.8. The Morgan fingerprint density at radius 2 is 1.48 bits per heavy atom. The lowest BCUT2D eigenvalue weighted by atomic mass is 9.80. The largest absolute Gasteiger partial charge is 0.323 e. The zero-order valence-electron chi connectivity index (χ0n) is 15.6. The Hall–Kier alpha value is -0.0800. The number of piperidine rings is 1. The van der Waals surface area contributed by atoms with Gasteiger partial charge in [-0.3, -0.25) is 0 Å². The molecule has 1 saturated heterocycles. The van der Waals surface area contributed by atoms with Gasteiger partial charge in [-0.15, -0.1) is 0 Å². The van der Waals surface area contributed by atoms with E-state index in [1.807, 2.05) is 0 Å². The molecule has 0 amide bonds. The summed E-state index contributed by atoms with van der Waals surface area (Å²) in [5.41, 5.74) is 6.60. The van der Waals surface area contributed by atoms with E-state index in [0.717, 1.165) is 17.8 Å². The maximum absolute atomic E-state index is 6.60. The SMILES string of the molecule is CCCCC1CC(N)C[N+](CC2CCCCC2)(CC2CCC2)C1. The van der Waals surface area contributed by atoms with Gasteiger partial charge in [-0.25, -0.2) is 0 Å². The summed E-state index contributed by atoms with van der Waals surface area (Å²) in [5.74, 6) is 2.93. The summed E-state index contributed by atoms with van der Waals surface area (Å²) in [7, 11) is 0. The smallest absolute Gasteiger partial charge is 0.0940 e. The zero-order chi connectivity index (χ0) is 16.1. The third-order valence-electron chi connectivity index (χ3n) is 7.11. The fourth-order valence-corrected chi connectivity index (χ4v) is 5.91. The summed E-state index contributed by atoms with van der Waals surface area (Å²) >= 11 is 0. The van der Waals surface area contributed by atoms with E-state index in [0.29, 0.717) is 6.04 Å². The second-order valence-corrected chi connectivity index (χ2v) is 9.38. The van der Waals surface area contributed by atoms with E-state index >= 15 is 0 Å². The summed E-state index contributed by atoms with van der Waals surface area (Å²) in [4.78, 5) is 0. The van der Waals surface area contributed by atoms with Crippen molar-refractivity contribution in [1.82, 2.24) is 0 Å². The minimum absolute atomic E-state index is 0.467. The number of unbranched alkanes of at least 4 members (excludes halogenated alkanes) is 1. The number of rotatable bonds is 7. The van der Waals surface area contributed by atoms with Crippen LogP contribution >= 0.6 is 0 Å². The molecule has 0 bridgehead atoms. The van der Waals surface area contributed by atoms with Gasteiger partial charge < -0.3 is 10.2 Å². The summed E-state index contributed by atoms with van der Waals surface area (Å²) in [6, 6.07) is 0.467. The lowest BCUT2D eigenvalue weighted by Crippen LogP contribution is -2.63. The minimum atomic E-state index is 0.467. The van der Waals surface area contributed by atoms with Crippen molar-refractivity contribution in [3.05, 3.63) is 0 Å². The van der Waals surface area contributed by atoms with E-state index < -0.39 is 0 Å². The van der Waals surface area contributed by atoms with Crippen LogP contribution in [0.15, 0.2) is 0 Å². The second kappa shape index (κ2) is 8.34. The number of hydrogen-bond donors (Lipinski definition) is 1. The number of likely N-dealkylation sites (tertiary alicyclic amines) is 1. The highest BCUT2D eigenvalue weighted by atomic mass is 15.4. The molecule has 2 nitrogen and oxygen atoms in total. The quantitative estimate of drug-likeness (QED) is 0.675. The van der Waals surface area contributed by atoms with E-state index in [2.05, 4.69) is 6.92 Å². The topological polar surface area (TPSA) is 26.0 Å². The van der Waals surface area contributed by atoms with Crippen LogP contribution in [0.2, 0.25) is 0 Å². The maximum atomic E-state index is 6.60. The lowest BCUT2D eigenvalue weighted by Gasteiger charge is -2.51. The molecule has 0 aromatic carbocycles. The van der Waals surface area contributed by atoms with E-state index in [1.54, 1.807) is 0 Å². The van der Waals surface area contributed by atoms with Crippen molar-refractivity contribution >= 4 is 0 Å². The van der Waals surface area contributed by atoms with Crippen LogP contribution in [0.3, 0.4) is 0 Å². The first-order valence-corrected chi connectivity index (χ1v) is 10.8. The van der Waals surface area contributed by atoms with Crippen molar-refractivity contribution in [3.63, 3.8) is 0 Å². The molecule has 23 heavy (non-hydrogen) atoms. The Balaban J connectivity index is 1.66. The third kappa shape index (κ3) is 4.95. The molecule has 2 aliphatic carbocycles. The Morgan fingerprint density at radius 3 is 2.04 bits per heavy atom. The van der Waals surface area contributed by atoms with Crippen molar-refractivity contribution in [2.24, 2.45) is 23.5 Å². The van der Waals surface area contributed by atoms with Gasteiger partial charge in [-0.2, -0.15) is 0 Å². The van der Waals surface area contributed by atoms with E-state index in [4.69, 9.17) is 5.73 Å². The van der Waals surface area contributed by atoms with Crippen molar-refractivity contribution in [3.8, 4) is 0 Å². The first-order valence-electron chi connectivity index (χ1n) is 10.8. The highest BCUT2D eigenvalue weighted by Crippen LogP contribution is 2.36. The maximum Gasteiger partial charge on any atom is 0.0940 e. The van der Waals surface area contributed by atoms with Gasteiger partial charge in [0.15, 0.2) is 0 Å². The molecule has 0 aromatic rings. The molecule has 2 N–H and O–H groups in total. The molecule has 3 aliphatic rings. The predicted octanol–water partition coefficient (Wildman–Crippen LogP) is 4.72. The Kier molecular flexibility index (Phi) is 6.43. The number of nitrogens with two attached hydrogens (primary N) is 1. The predicted molar refractivity (Wildman–Crippen MR) is 99.3 cm³/mol. The summed E-state index contributed by atoms with van der Waals surface area (Å²) in [5, 5.41) is 0. The minimum Gasteiger partial charge on any atom is -0.323 e. The average molecular weight is 322 g/mol. The summed E-state index contributed by atoms with van der Waals surface area (Å²) in [6.45, 7) is 8.01. The first kappa shape index (κ1) is 17.7. The molecule has 3 fully saturated rings. The monoisotopic (exact) mass is 321 g/mol. The molecule has 0 aromatic heterocycles. The van der Waals surface area contributed by atoms with Gasteiger partial charge in [0.1, 0.15) is 0 Å². The Labute approximate surface area is 144 Å². The molecule has 1 heterocycles. The van der Waals surface area contributed by atoms with Crippen LogP contribution in [0.25, 0.3) is 0 Å². The van der Waals surface area contributed by atoms with Crippen molar-refractivity contribution in [1.29, 1.82) is 0 Å². The fourth-order valence-electron chi connectivity index (χ4n) is 5.91. The summed E-state index contributed by atoms with van der Waals surface area (Å²) < 4.78 is 1.41. The van der Waals surface area contributed by atoms with Crippen LogP contribution < -0.4 is 5.73 Å². The highest BCUT2D eigenvalue weighted by Gasteiger charge is 2.42. The van der Waals surface area contributed by atoms with Crippen molar-refractivity contribution < 1.29 is 4.48 Å². The van der Waals surface area contributed by atoms with Gasteiger partial charge >= 0.3 is 0 Å². The molecule has 134 valence electrons. The lowest BCUT2D eigenvalue weighted by molar-refractivity contribution is -0.943. The van der Waals surface area contributed by atoms with E-state index in [1.165, 1.54) is 108 Å². The molecule has 3 rings (SSSR count). The molecule has 0 spiro atoms. The Morgan fingerprint density at radius 1 is 0.826 bits per heavy atom. The molecular formula is C21H41N2+. The molecule has 3 atom stereocenters. The van der Waals surface area contributed by atoms with Gasteiger partial charge in [0, 0.05) is 17.8 Å². The van der Waals surface area contributed by atoms with Gasteiger partial charge in [0.05, 0.1) is 32.2 Å². The number of quaternary nitrogens is 1. The van der Waals surface area contributed by atoms with Crippen LogP contribution in [0.4, 0.5) is 0 Å². The van der Waals surface area contributed by atoms with Gasteiger partial charge in [-0.1, -0.05) is 45.4 Å². The molecule has 1 aliphatic heterocycles. The third-order valence-corrected chi connectivity index (χ3v) is 7.11. The summed E-state index contributed by atoms with van der Waals surface area (Å²) in [6.07, 6.45) is 17.4. The number of nitrogens with zero attached hydrogens (tertiary/aromatic N) is 1. The van der Waals surface area contributed by atoms with Crippen LogP contribution in [0.5, 0.6) is 0 Å². The van der Waals surface area contributed by atoms with E-state index in [-0.39, 0.29) is 0 Å². The fraction of sp³-hybridized carbons (Fsp3) is 1.00. The molecule has 2 heteroatoms. The van der Waals surface area contributed by atoms with Crippen LogP contribution in [-0.4, -0.2) is 36.7 Å². The van der Waals surface area contributed by atoms with Gasteiger partial charge in [0.25, 0.3) is 0 Å². The van der Waals surface area contributed by atoms with Crippen LogP contribution in [-0.2, 0) is 0 Å². The Bertz CT molecular complexity index is 346. The molecular weight excluding hydrogens is 280 g/mol. The van der Waals surface area contributed by atoms with Crippen molar-refractivity contribution in [2.45, 2.75) is 90.0 Å². The van der Waals surface area contributed by atoms with Gasteiger partial charge in [-0.05, 0) is 38.5 Å². The van der Waals surface area contributed by atoms with E-state index in [9.17, 15) is 0 Å². The second-order valence-electron chi connectivity index (χ2n) is 9.38. The number of hydrogen-bond acceptors (Lipinski definition) is 1. The first-order chi connectivity index (χ1) is 11.2. The zero-order valence-corrected chi connectivity index (χ0v) is 15.6. The highest BCUT2D eigenvalue weighted by molar-refractivity contribution is 4.79. The van der Waals surface area contributed by atoms with Crippen molar-refractivity contribution in [2.75, 3.05) is 26.2 Å². The molecule has 2 saturated carbocycles. The molecule has 0 radical (unpaired) electrons. The van der Waals surface area contributed by atoms with Crippen LogP contribution in [0, 0.1) is 17.8 Å².